The number of hydrogen-bond donors (Lipinski definition) is 1. The Morgan fingerprint density at radius 2 is 1.54 bits per heavy atom. The number of piperidine rings is 1. The van der Waals surface area contributed by atoms with E-state index in [1.54, 1.807) is 6.92 Å². The van der Waals surface area contributed by atoms with Crippen LogP contribution in [0.3, 0.4) is 0 Å². The third-order valence-corrected chi connectivity index (χ3v) is 6.09. The van der Waals surface area contributed by atoms with Crippen LogP contribution in [-0.4, -0.2) is 73.0 Å². The van der Waals surface area contributed by atoms with Gasteiger partial charge in [0.1, 0.15) is 0 Å². The summed E-state index contributed by atoms with van der Waals surface area (Å²) >= 11 is 0. The maximum Gasteiger partial charge on any atom is 0.317 e. The van der Waals surface area contributed by atoms with Crippen molar-refractivity contribution in [2.75, 3.05) is 50.7 Å². The molecule has 0 unspecified atom stereocenters. The summed E-state index contributed by atoms with van der Waals surface area (Å²) in [7, 11) is 0. The van der Waals surface area contributed by atoms with Gasteiger partial charge in [0.25, 0.3) is 0 Å². The molecule has 2 aliphatic rings. The second-order valence-electron chi connectivity index (χ2n) is 8.60. The molecule has 1 N–H and O–H groups in total. The van der Waals surface area contributed by atoms with Crippen molar-refractivity contribution in [1.82, 2.24) is 15.1 Å². The molecule has 2 saturated heterocycles. The minimum atomic E-state index is -0.00361. The smallest absolute Gasteiger partial charge is 0.317 e. The zero-order chi connectivity index (χ0) is 20.1. The summed E-state index contributed by atoms with van der Waals surface area (Å²) in [5.74, 6) is 0.0838. The molecule has 0 aromatic heterocycles. The van der Waals surface area contributed by atoms with Crippen LogP contribution in [0.5, 0.6) is 0 Å². The van der Waals surface area contributed by atoms with Gasteiger partial charge in [0.2, 0.25) is 0 Å². The number of urea groups is 1. The number of amides is 2. The van der Waals surface area contributed by atoms with Crippen LogP contribution in [0.4, 0.5) is 10.5 Å². The summed E-state index contributed by atoms with van der Waals surface area (Å²) < 4.78 is 0. The molecule has 154 valence electrons. The summed E-state index contributed by atoms with van der Waals surface area (Å²) in [6, 6.07) is 7.77. The Morgan fingerprint density at radius 3 is 2.11 bits per heavy atom. The number of ketones is 1. The van der Waals surface area contributed by atoms with Crippen LogP contribution in [0.1, 0.15) is 50.4 Å². The van der Waals surface area contributed by atoms with Gasteiger partial charge in [0.15, 0.2) is 5.78 Å². The molecule has 1 aromatic carbocycles. The highest BCUT2D eigenvalue weighted by atomic mass is 16.2. The maximum absolute atomic E-state index is 12.6. The van der Waals surface area contributed by atoms with E-state index in [-0.39, 0.29) is 17.4 Å². The fourth-order valence-electron chi connectivity index (χ4n) is 4.09. The topological polar surface area (TPSA) is 55.9 Å². The quantitative estimate of drug-likeness (QED) is 0.791. The fraction of sp³-hybridized carbons (Fsp3) is 0.636. The van der Waals surface area contributed by atoms with E-state index in [1.165, 1.54) is 19.3 Å². The van der Waals surface area contributed by atoms with Crippen LogP contribution in [0.25, 0.3) is 0 Å². The standard InChI is InChI=1S/C22H34N4O2/c1-18(27)19-7-9-20(10-8-19)24-13-15-25(16-14-24)21(28)23-17-22(2,3)26-11-5-4-6-12-26/h7-10H,4-6,11-17H2,1-3H3,(H,23,28). The van der Waals surface area contributed by atoms with Gasteiger partial charge in [-0.1, -0.05) is 6.42 Å². The molecule has 0 radical (unpaired) electrons. The van der Waals surface area contributed by atoms with Crippen LogP contribution in [-0.2, 0) is 0 Å². The monoisotopic (exact) mass is 386 g/mol. The van der Waals surface area contributed by atoms with E-state index in [9.17, 15) is 9.59 Å². The van der Waals surface area contributed by atoms with E-state index in [0.717, 1.165) is 37.4 Å². The number of rotatable bonds is 5. The summed E-state index contributed by atoms with van der Waals surface area (Å²) in [5.41, 5.74) is 1.84. The lowest BCUT2D eigenvalue weighted by molar-refractivity contribution is 0.0937. The van der Waals surface area contributed by atoms with Crippen LogP contribution < -0.4 is 10.2 Å². The van der Waals surface area contributed by atoms with Crippen LogP contribution in [0.2, 0.25) is 0 Å². The zero-order valence-corrected chi connectivity index (χ0v) is 17.5. The van der Waals surface area contributed by atoms with E-state index in [4.69, 9.17) is 0 Å². The van der Waals surface area contributed by atoms with Gasteiger partial charge >= 0.3 is 6.03 Å². The third kappa shape index (κ3) is 5.04. The Hall–Kier alpha value is -2.08. The maximum atomic E-state index is 12.6. The number of piperazine rings is 1. The minimum Gasteiger partial charge on any atom is -0.368 e. The van der Waals surface area contributed by atoms with Gasteiger partial charge in [0.05, 0.1) is 0 Å². The Kier molecular flexibility index (Phi) is 6.60. The molecule has 2 amide bonds. The van der Waals surface area contributed by atoms with Crippen molar-refractivity contribution < 1.29 is 9.59 Å². The summed E-state index contributed by atoms with van der Waals surface area (Å²) in [5, 5.41) is 3.15. The molecular formula is C22H34N4O2. The lowest BCUT2D eigenvalue weighted by Gasteiger charge is -2.42. The first-order valence-electron chi connectivity index (χ1n) is 10.5. The third-order valence-electron chi connectivity index (χ3n) is 6.09. The average Bonchev–Trinajstić information content (AvgIpc) is 2.73. The van der Waals surface area contributed by atoms with Gasteiger partial charge in [-0.15, -0.1) is 0 Å². The van der Waals surface area contributed by atoms with Gasteiger partial charge in [-0.3, -0.25) is 9.69 Å². The first kappa shape index (κ1) is 20.6. The van der Waals surface area contributed by atoms with Crippen LogP contribution in [0, 0.1) is 0 Å². The Morgan fingerprint density at radius 1 is 0.929 bits per heavy atom. The molecule has 6 heteroatoms. The number of likely N-dealkylation sites (tertiary alicyclic amines) is 1. The van der Waals surface area contributed by atoms with E-state index in [2.05, 4.69) is 29.0 Å². The second kappa shape index (κ2) is 8.95. The normalized spacial score (nSPS) is 18.8. The largest absolute Gasteiger partial charge is 0.368 e. The number of nitrogens with zero attached hydrogens (tertiary/aromatic N) is 3. The SMILES string of the molecule is CC(=O)c1ccc(N2CCN(C(=O)NCC(C)(C)N3CCCCC3)CC2)cc1. The fourth-order valence-corrected chi connectivity index (χ4v) is 4.09. The van der Waals surface area contributed by atoms with Gasteiger partial charge in [-0.25, -0.2) is 4.79 Å². The molecule has 0 atom stereocenters. The lowest BCUT2D eigenvalue weighted by Crippen LogP contribution is -2.57. The average molecular weight is 387 g/mol. The number of nitrogens with one attached hydrogen (secondary N) is 1. The molecule has 2 heterocycles. The molecule has 0 bridgehead atoms. The van der Waals surface area contributed by atoms with E-state index >= 15 is 0 Å². The Labute approximate surface area is 168 Å². The van der Waals surface area contributed by atoms with Crippen molar-refractivity contribution in [3.8, 4) is 0 Å². The minimum absolute atomic E-state index is 0.00361. The Bertz CT molecular complexity index is 672. The van der Waals surface area contributed by atoms with Crippen molar-refractivity contribution in [1.29, 1.82) is 0 Å². The van der Waals surface area contributed by atoms with Crippen molar-refractivity contribution >= 4 is 17.5 Å². The van der Waals surface area contributed by atoms with E-state index in [0.29, 0.717) is 19.6 Å². The van der Waals surface area contributed by atoms with Crippen molar-refractivity contribution in [3.05, 3.63) is 29.8 Å². The molecule has 1 aromatic rings. The lowest BCUT2D eigenvalue weighted by atomic mass is 9.98. The van der Waals surface area contributed by atoms with Gasteiger partial charge in [-0.05, 0) is 71.0 Å². The summed E-state index contributed by atoms with van der Waals surface area (Å²) in [6.07, 6.45) is 3.83. The van der Waals surface area contributed by atoms with Crippen LogP contribution >= 0.6 is 0 Å². The molecule has 3 rings (SSSR count). The number of benzene rings is 1. The molecular weight excluding hydrogens is 352 g/mol. The molecule has 2 aliphatic heterocycles. The summed E-state index contributed by atoms with van der Waals surface area (Å²) in [4.78, 5) is 30.7. The predicted octanol–water partition coefficient (Wildman–Crippen LogP) is 2.99. The molecule has 0 aliphatic carbocycles. The summed E-state index contributed by atoms with van der Waals surface area (Å²) in [6.45, 7) is 12.0. The number of carbonyl (C=O) groups is 2. The number of anilines is 1. The number of carbonyl (C=O) groups excluding carboxylic acids is 2. The number of Topliss-reactive ketones (excluding diaryl/α,β-unsaturated/α-hetero) is 1. The number of hydrogen-bond acceptors (Lipinski definition) is 4. The first-order chi connectivity index (χ1) is 13.4. The molecule has 0 saturated carbocycles. The van der Waals surface area contributed by atoms with Crippen molar-refractivity contribution in [3.63, 3.8) is 0 Å². The highest BCUT2D eigenvalue weighted by Crippen LogP contribution is 2.20. The van der Waals surface area contributed by atoms with Crippen molar-refractivity contribution in [2.45, 2.75) is 45.6 Å². The highest BCUT2D eigenvalue weighted by molar-refractivity contribution is 5.94. The molecule has 2 fully saturated rings. The first-order valence-corrected chi connectivity index (χ1v) is 10.5. The molecule has 6 nitrogen and oxygen atoms in total. The predicted molar refractivity (Wildman–Crippen MR) is 113 cm³/mol. The van der Waals surface area contributed by atoms with Gasteiger partial charge in [-0.2, -0.15) is 0 Å². The van der Waals surface area contributed by atoms with E-state index < -0.39 is 0 Å². The molecule has 0 spiro atoms. The second-order valence-corrected chi connectivity index (χ2v) is 8.60. The van der Waals surface area contributed by atoms with E-state index in [1.807, 2.05) is 29.2 Å². The highest BCUT2D eigenvalue weighted by Gasteiger charge is 2.29. The molecule has 28 heavy (non-hydrogen) atoms. The van der Waals surface area contributed by atoms with Gasteiger partial charge in [0, 0.05) is 49.5 Å². The van der Waals surface area contributed by atoms with Crippen molar-refractivity contribution in [2.24, 2.45) is 0 Å². The Balaban J connectivity index is 1.46. The zero-order valence-electron chi connectivity index (χ0n) is 17.5. The van der Waals surface area contributed by atoms with Gasteiger partial charge < -0.3 is 15.1 Å². The van der Waals surface area contributed by atoms with Crippen LogP contribution in [0.15, 0.2) is 24.3 Å².